The van der Waals surface area contributed by atoms with E-state index in [-0.39, 0.29) is 17.9 Å². The Balaban J connectivity index is 1.56. The number of hydrogen-bond acceptors (Lipinski definition) is 3. The molecule has 1 heterocycles. The molecule has 0 bridgehead atoms. The standard InChI is InChI=1S/C24H31ClN4O2/c1-18(2)22(27-24(31)26-21-7-4-3-5-8-21)23(30)29-14-6-13-28(15-16-29)17-19-9-11-20(25)12-10-19/h3-5,7-12,18,22H,6,13-17H2,1-2H3,(H2,26,27,31). The van der Waals surface area contributed by atoms with Crippen molar-refractivity contribution in [3.63, 3.8) is 0 Å². The molecule has 0 saturated carbocycles. The minimum absolute atomic E-state index is 0.0116. The smallest absolute Gasteiger partial charge is 0.319 e. The van der Waals surface area contributed by atoms with Gasteiger partial charge in [0.05, 0.1) is 0 Å². The molecule has 3 rings (SSSR count). The van der Waals surface area contributed by atoms with Gasteiger partial charge < -0.3 is 15.5 Å². The Kier molecular flexibility index (Phi) is 8.32. The zero-order valence-corrected chi connectivity index (χ0v) is 18.9. The van der Waals surface area contributed by atoms with Crippen LogP contribution in [0.15, 0.2) is 54.6 Å². The normalized spacial score (nSPS) is 15.9. The maximum atomic E-state index is 13.2. The number of amides is 3. The molecule has 0 aromatic heterocycles. The van der Waals surface area contributed by atoms with Crippen LogP contribution < -0.4 is 10.6 Å². The third-order valence-electron chi connectivity index (χ3n) is 5.47. The van der Waals surface area contributed by atoms with Gasteiger partial charge in [0, 0.05) is 43.4 Å². The molecule has 2 aromatic rings. The van der Waals surface area contributed by atoms with Gasteiger partial charge in [-0.2, -0.15) is 0 Å². The Morgan fingerprint density at radius 2 is 1.68 bits per heavy atom. The van der Waals surface area contributed by atoms with E-state index in [0.29, 0.717) is 18.8 Å². The van der Waals surface area contributed by atoms with Crippen molar-refractivity contribution in [3.05, 3.63) is 65.2 Å². The molecule has 1 aliphatic rings. The monoisotopic (exact) mass is 442 g/mol. The van der Waals surface area contributed by atoms with Crippen LogP contribution in [0.25, 0.3) is 0 Å². The number of carbonyl (C=O) groups excluding carboxylic acids is 2. The fourth-order valence-electron chi connectivity index (χ4n) is 3.74. The summed E-state index contributed by atoms with van der Waals surface area (Å²) < 4.78 is 0. The topological polar surface area (TPSA) is 64.7 Å². The van der Waals surface area contributed by atoms with E-state index < -0.39 is 6.04 Å². The van der Waals surface area contributed by atoms with Gasteiger partial charge in [0.25, 0.3) is 0 Å². The van der Waals surface area contributed by atoms with E-state index in [0.717, 1.165) is 31.1 Å². The van der Waals surface area contributed by atoms with E-state index in [1.807, 2.05) is 73.3 Å². The molecule has 2 N–H and O–H groups in total. The molecule has 6 nitrogen and oxygen atoms in total. The highest BCUT2D eigenvalue weighted by molar-refractivity contribution is 6.30. The van der Waals surface area contributed by atoms with Crippen LogP contribution in [0.5, 0.6) is 0 Å². The van der Waals surface area contributed by atoms with Crippen molar-refractivity contribution in [1.29, 1.82) is 0 Å². The summed E-state index contributed by atoms with van der Waals surface area (Å²) in [5, 5.41) is 6.40. The Morgan fingerprint density at radius 3 is 2.35 bits per heavy atom. The van der Waals surface area contributed by atoms with Gasteiger partial charge >= 0.3 is 6.03 Å². The summed E-state index contributed by atoms with van der Waals surface area (Å²) in [7, 11) is 0. The molecule has 0 radical (unpaired) electrons. The Morgan fingerprint density at radius 1 is 0.968 bits per heavy atom. The Bertz CT molecular complexity index is 858. The number of benzene rings is 2. The number of para-hydroxylation sites is 1. The number of nitrogens with one attached hydrogen (secondary N) is 2. The second-order valence-corrected chi connectivity index (χ2v) is 8.70. The van der Waals surface area contributed by atoms with Crippen LogP contribution in [0.2, 0.25) is 5.02 Å². The number of hydrogen-bond donors (Lipinski definition) is 2. The molecule has 1 saturated heterocycles. The number of halogens is 1. The van der Waals surface area contributed by atoms with Gasteiger partial charge in [0.1, 0.15) is 6.04 Å². The number of carbonyl (C=O) groups is 2. The van der Waals surface area contributed by atoms with E-state index in [1.165, 1.54) is 5.56 Å². The summed E-state index contributed by atoms with van der Waals surface area (Å²) in [6.45, 7) is 7.82. The first-order valence-electron chi connectivity index (χ1n) is 10.8. The lowest BCUT2D eigenvalue weighted by molar-refractivity contribution is -0.134. The Hall–Kier alpha value is -2.57. The third-order valence-corrected chi connectivity index (χ3v) is 5.72. The van der Waals surface area contributed by atoms with Crippen molar-refractivity contribution in [1.82, 2.24) is 15.1 Å². The average molecular weight is 443 g/mol. The second kappa shape index (κ2) is 11.2. The summed E-state index contributed by atoms with van der Waals surface area (Å²) in [4.78, 5) is 29.9. The lowest BCUT2D eigenvalue weighted by Crippen LogP contribution is -2.52. The van der Waals surface area contributed by atoms with Gasteiger partial charge in [-0.1, -0.05) is 55.8 Å². The van der Waals surface area contributed by atoms with Crippen molar-refractivity contribution in [2.24, 2.45) is 5.92 Å². The quantitative estimate of drug-likeness (QED) is 0.703. The number of anilines is 1. The van der Waals surface area contributed by atoms with E-state index in [9.17, 15) is 9.59 Å². The highest BCUT2D eigenvalue weighted by Gasteiger charge is 2.29. The summed E-state index contributed by atoms with van der Waals surface area (Å²) >= 11 is 5.98. The van der Waals surface area contributed by atoms with Gasteiger partial charge in [-0.25, -0.2) is 4.79 Å². The largest absolute Gasteiger partial charge is 0.340 e. The van der Waals surface area contributed by atoms with Crippen molar-refractivity contribution in [2.45, 2.75) is 32.9 Å². The minimum Gasteiger partial charge on any atom is -0.340 e. The number of rotatable bonds is 6. The van der Waals surface area contributed by atoms with Crippen LogP contribution in [0, 0.1) is 5.92 Å². The highest BCUT2D eigenvalue weighted by Crippen LogP contribution is 2.15. The van der Waals surface area contributed by atoms with Crippen molar-refractivity contribution < 1.29 is 9.59 Å². The number of urea groups is 1. The van der Waals surface area contributed by atoms with Gasteiger partial charge in [0.2, 0.25) is 5.91 Å². The van der Waals surface area contributed by atoms with E-state index in [4.69, 9.17) is 11.6 Å². The van der Waals surface area contributed by atoms with Crippen LogP contribution in [0.3, 0.4) is 0 Å². The summed E-state index contributed by atoms with van der Waals surface area (Å²) in [5.74, 6) is -0.0333. The van der Waals surface area contributed by atoms with Crippen LogP contribution in [0.4, 0.5) is 10.5 Å². The zero-order valence-electron chi connectivity index (χ0n) is 18.2. The molecule has 3 amide bonds. The zero-order chi connectivity index (χ0) is 22.2. The molecule has 1 atom stereocenters. The molecule has 1 unspecified atom stereocenters. The van der Waals surface area contributed by atoms with Crippen LogP contribution in [-0.2, 0) is 11.3 Å². The van der Waals surface area contributed by atoms with E-state index in [1.54, 1.807) is 0 Å². The third kappa shape index (κ3) is 6.97. The molecular weight excluding hydrogens is 412 g/mol. The molecular formula is C24H31ClN4O2. The molecule has 0 spiro atoms. The van der Waals surface area contributed by atoms with Crippen LogP contribution >= 0.6 is 11.6 Å². The van der Waals surface area contributed by atoms with Crippen molar-refractivity contribution in [3.8, 4) is 0 Å². The predicted octanol–water partition coefficient (Wildman–Crippen LogP) is 4.22. The first-order chi connectivity index (χ1) is 14.9. The van der Waals surface area contributed by atoms with Crippen molar-refractivity contribution >= 4 is 29.2 Å². The molecule has 1 aliphatic heterocycles. The lowest BCUT2D eigenvalue weighted by atomic mass is 10.0. The van der Waals surface area contributed by atoms with Gasteiger partial charge in [0.15, 0.2) is 0 Å². The Labute approximate surface area is 189 Å². The van der Waals surface area contributed by atoms with Crippen LogP contribution in [-0.4, -0.2) is 54.0 Å². The molecule has 1 fully saturated rings. The predicted molar refractivity (Wildman–Crippen MR) is 125 cm³/mol. The molecule has 7 heteroatoms. The maximum absolute atomic E-state index is 13.2. The van der Waals surface area contributed by atoms with Gasteiger partial charge in [-0.05, 0) is 42.2 Å². The van der Waals surface area contributed by atoms with E-state index >= 15 is 0 Å². The first-order valence-corrected chi connectivity index (χ1v) is 11.2. The average Bonchev–Trinajstić information content (AvgIpc) is 2.99. The van der Waals surface area contributed by atoms with E-state index in [2.05, 4.69) is 15.5 Å². The summed E-state index contributed by atoms with van der Waals surface area (Å²) in [5.41, 5.74) is 1.91. The highest BCUT2D eigenvalue weighted by atomic mass is 35.5. The second-order valence-electron chi connectivity index (χ2n) is 8.27. The van der Waals surface area contributed by atoms with Crippen molar-refractivity contribution in [2.75, 3.05) is 31.5 Å². The molecule has 2 aromatic carbocycles. The summed E-state index contributed by atoms with van der Waals surface area (Å²) in [6, 6.07) is 16.2. The maximum Gasteiger partial charge on any atom is 0.319 e. The fourth-order valence-corrected chi connectivity index (χ4v) is 3.86. The minimum atomic E-state index is -0.563. The molecule has 0 aliphatic carbocycles. The van der Waals surface area contributed by atoms with Crippen LogP contribution in [0.1, 0.15) is 25.8 Å². The molecule has 166 valence electrons. The van der Waals surface area contributed by atoms with Gasteiger partial charge in [-0.3, -0.25) is 9.69 Å². The lowest BCUT2D eigenvalue weighted by Gasteiger charge is -2.29. The first kappa shape index (κ1) is 23.1. The fraction of sp³-hybridized carbons (Fsp3) is 0.417. The number of nitrogens with zero attached hydrogens (tertiary/aromatic N) is 2. The SMILES string of the molecule is CC(C)C(NC(=O)Nc1ccccc1)C(=O)N1CCCN(Cc2ccc(Cl)cc2)CC1. The molecule has 31 heavy (non-hydrogen) atoms. The summed E-state index contributed by atoms with van der Waals surface area (Å²) in [6.07, 6.45) is 0.903. The van der Waals surface area contributed by atoms with Gasteiger partial charge in [-0.15, -0.1) is 0 Å².